The Morgan fingerprint density at radius 2 is 2.25 bits per heavy atom. The molecule has 92 valence electrons. The number of rotatable bonds is 8. The molecule has 0 fully saturated rings. The molecule has 1 rings (SSSR count). The summed E-state index contributed by atoms with van der Waals surface area (Å²) in [5, 5.41) is 3.92. The first-order valence-electron chi connectivity index (χ1n) is 5.80. The van der Waals surface area contributed by atoms with Crippen LogP contribution in [0.1, 0.15) is 37.9 Å². The fourth-order valence-corrected chi connectivity index (χ4v) is 2.07. The van der Waals surface area contributed by atoms with E-state index in [0.29, 0.717) is 5.92 Å². The van der Waals surface area contributed by atoms with Crippen molar-refractivity contribution < 1.29 is 4.52 Å². The standard InChI is InChI=1S/C11H21N3OS/c1-3-9(6-7-12)4-5-11-13-10(8-16-2)14-15-11/h9H,3-8,12H2,1-2H3. The highest BCUT2D eigenvalue weighted by Gasteiger charge is 2.10. The molecule has 1 atom stereocenters. The molecule has 1 unspecified atom stereocenters. The van der Waals surface area contributed by atoms with Crippen LogP contribution in [0.15, 0.2) is 4.52 Å². The minimum absolute atomic E-state index is 0.681. The molecule has 0 aliphatic rings. The van der Waals surface area contributed by atoms with Gasteiger partial charge < -0.3 is 10.3 Å². The molecule has 1 heterocycles. The van der Waals surface area contributed by atoms with Gasteiger partial charge in [0.15, 0.2) is 5.82 Å². The van der Waals surface area contributed by atoms with Crippen molar-refractivity contribution in [2.24, 2.45) is 11.7 Å². The average molecular weight is 243 g/mol. The first-order chi connectivity index (χ1) is 7.80. The highest BCUT2D eigenvalue weighted by atomic mass is 32.2. The van der Waals surface area contributed by atoms with Gasteiger partial charge in [0.25, 0.3) is 0 Å². The van der Waals surface area contributed by atoms with E-state index in [0.717, 1.165) is 43.3 Å². The van der Waals surface area contributed by atoms with Crippen LogP contribution >= 0.6 is 11.8 Å². The normalized spacial score (nSPS) is 12.9. The highest BCUT2D eigenvalue weighted by molar-refractivity contribution is 7.97. The van der Waals surface area contributed by atoms with Gasteiger partial charge >= 0.3 is 0 Å². The second-order valence-corrected chi connectivity index (χ2v) is 4.79. The Morgan fingerprint density at radius 3 is 2.88 bits per heavy atom. The van der Waals surface area contributed by atoms with Crippen LogP contribution in [0.3, 0.4) is 0 Å². The molecule has 0 bridgehead atoms. The summed E-state index contributed by atoms with van der Waals surface area (Å²) in [4.78, 5) is 4.34. The van der Waals surface area contributed by atoms with Gasteiger partial charge in [0, 0.05) is 6.42 Å². The molecular weight excluding hydrogens is 222 g/mol. The summed E-state index contributed by atoms with van der Waals surface area (Å²) in [6.07, 6.45) is 6.25. The van der Waals surface area contributed by atoms with Gasteiger partial charge in [0.1, 0.15) is 0 Å². The molecule has 0 saturated carbocycles. The Balaban J connectivity index is 2.34. The van der Waals surface area contributed by atoms with Crippen LogP contribution < -0.4 is 5.73 Å². The van der Waals surface area contributed by atoms with Crippen molar-refractivity contribution in [3.63, 3.8) is 0 Å². The van der Waals surface area contributed by atoms with Crippen LogP contribution in [0, 0.1) is 5.92 Å². The molecule has 0 aliphatic carbocycles. The lowest BCUT2D eigenvalue weighted by molar-refractivity contribution is 0.351. The summed E-state index contributed by atoms with van der Waals surface area (Å²) >= 11 is 1.70. The summed E-state index contributed by atoms with van der Waals surface area (Å²) in [6.45, 7) is 2.97. The number of nitrogens with zero attached hydrogens (tertiary/aromatic N) is 2. The largest absolute Gasteiger partial charge is 0.339 e. The van der Waals surface area contributed by atoms with E-state index >= 15 is 0 Å². The fraction of sp³-hybridized carbons (Fsp3) is 0.818. The Hall–Kier alpha value is -0.550. The van der Waals surface area contributed by atoms with Gasteiger partial charge in [0.2, 0.25) is 5.89 Å². The van der Waals surface area contributed by atoms with Gasteiger partial charge in [-0.05, 0) is 31.6 Å². The predicted octanol–water partition coefficient (Wildman–Crippen LogP) is 2.24. The maximum atomic E-state index is 5.56. The predicted molar refractivity (Wildman–Crippen MR) is 67.3 cm³/mol. The van der Waals surface area contributed by atoms with Crippen molar-refractivity contribution in [2.75, 3.05) is 12.8 Å². The second kappa shape index (κ2) is 7.68. The first-order valence-corrected chi connectivity index (χ1v) is 7.20. The smallest absolute Gasteiger partial charge is 0.226 e. The number of hydrogen-bond donors (Lipinski definition) is 1. The molecule has 16 heavy (non-hydrogen) atoms. The lowest BCUT2D eigenvalue weighted by Crippen LogP contribution is -2.09. The zero-order chi connectivity index (χ0) is 11.8. The molecular formula is C11H21N3OS. The first kappa shape index (κ1) is 13.5. The SMILES string of the molecule is CCC(CCN)CCc1nc(CSC)no1. The van der Waals surface area contributed by atoms with Gasteiger partial charge in [-0.25, -0.2) is 0 Å². The monoisotopic (exact) mass is 243 g/mol. The number of hydrogen-bond acceptors (Lipinski definition) is 5. The van der Waals surface area contributed by atoms with E-state index in [1.807, 2.05) is 6.26 Å². The minimum atomic E-state index is 0.681. The highest BCUT2D eigenvalue weighted by Crippen LogP contribution is 2.15. The third kappa shape index (κ3) is 4.53. The maximum Gasteiger partial charge on any atom is 0.226 e. The summed E-state index contributed by atoms with van der Waals surface area (Å²) in [5.74, 6) is 3.07. The number of aromatic nitrogens is 2. The quantitative estimate of drug-likeness (QED) is 0.758. The summed E-state index contributed by atoms with van der Waals surface area (Å²) in [7, 11) is 0. The second-order valence-electron chi connectivity index (χ2n) is 3.93. The van der Waals surface area contributed by atoms with E-state index in [4.69, 9.17) is 10.3 Å². The minimum Gasteiger partial charge on any atom is -0.339 e. The van der Waals surface area contributed by atoms with Gasteiger partial charge in [-0.1, -0.05) is 18.5 Å². The summed E-state index contributed by atoms with van der Waals surface area (Å²) in [5.41, 5.74) is 5.56. The van der Waals surface area contributed by atoms with Crippen molar-refractivity contribution in [3.8, 4) is 0 Å². The summed E-state index contributed by atoms with van der Waals surface area (Å²) < 4.78 is 5.18. The van der Waals surface area contributed by atoms with Gasteiger partial charge in [-0.2, -0.15) is 16.7 Å². The van der Waals surface area contributed by atoms with E-state index in [2.05, 4.69) is 17.1 Å². The molecule has 0 radical (unpaired) electrons. The molecule has 2 N–H and O–H groups in total. The van der Waals surface area contributed by atoms with Crippen LogP contribution in [-0.4, -0.2) is 22.9 Å². The molecule has 0 saturated heterocycles. The molecule has 0 aliphatic heterocycles. The third-order valence-corrected chi connectivity index (χ3v) is 3.25. The van der Waals surface area contributed by atoms with Crippen molar-refractivity contribution in [1.82, 2.24) is 10.1 Å². The van der Waals surface area contributed by atoms with E-state index in [9.17, 15) is 0 Å². The van der Waals surface area contributed by atoms with Crippen LogP contribution in [0.25, 0.3) is 0 Å². The molecule has 0 spiro atoms. The zero-order valence-corrected chi connectivity index (χ0v) is 10.9. The van der Waals surface area contributed by atoms with Crippen molar-refractivity contribution in [1.29, 1.82) is 0 Å². The Morgan fingerprint density at radius 1 is 1.44 bits per heavy atom. The Kier molecular flexibility index (Phi) is 6.49. The molecule has 0 aromatic carbocycles. The van der Waals surface area contributed by atoms with Crippen LogP contribution in [0.5, 0.6) is 0 Å². The molecule has 0 amide bonds. The molecule has 1 aromatic rings. The Labute approximate surface area is 101 Å². The third-order valence-electron chi connectivity index (χ3n) is 2.70. The maximum absolute atomic E-state index is 5.56. The topological polar surface area (TPSA) is 64.9 Å². The lowest BCUT2D eigenvalue weighted by Gasteiger charge is -2.11. The van der Waals surface area contributed by atoms with Crippen molar-refractivity contribution in [3.05, 3.63) is 11.7 Å². The van der Waals surface area contributed by atoms with Crippen LogP contribution in [0.4, 0.5) is 0 Å². The molecule has 4 nitrogen and oxygen atoms in total. The number of thioether (sulfide) groups is 1. The van der Waals surface area contributed by atoms with Gasteiger partial charge in [0.05, 0.1) is 5.75 Å². The van der Waals surface area contributed by atoms with Crippen LogP contribution in [-0.2, 0) is 12.2 Å². The Bertz CT molecular complexity index is 291. The molecule has 5 heteroatoms. The fourth-order valence-electron chi connectivity index (χ4n) is 1.70. The number of aryl methyl sites for hydroxylation is 1. The van der Waals surface area contributed by atoms with E-state index in [1.165, 1.54) is 6.42 Å². The number of nitrogens with two attached hydrogens (primary N) is 1. The van der Waals surface area contributed by atoms with Crippen molar-refractivity contribution in [2.45, 2.75) is 38.4 Å². The van der Waals surface area contributed by atoms with E-state index in [1.54, 1.807) is 11.8 Å². The average Bonchev–Trinajstić information content (AvgIpc) is 2.72. The van der Waals surface area contributed by atoms with Crippen LogP contribution in [0.2, 0.25) is 0 Å². The zero-order valence-electron chi connectivity index (χ0n) is 10.1. The summed E-state index contributed by atoms with van der Waals surface area (Å²) in [6, 6.07) is 0. The molecule has 1 aromatic heterocycles. The van der Waals surface area contributed by atoms with E-state index in [-0.39, 0.29) is 0 Å². The lowest BCUT2D eigenvalue weighted by atomic mass is 9.97. The van der Waals surface area contributed by atoms with Crippen molar-refractivity contribution >= 4 is 11.8 Å². The van der Waals surface area contributed by atoms with Gasteiger partial charge in [-0.15, -0.1) is 0 Å². The van der Waals surface area contributed by atoms with E-state index < -0.39 is 0 Å². The van der Waals surface area contributed by atoms with Gasteiger partial charge in [-0.3, -0.25) is 0 Å².